The molecule has 17 heavy (non-hydrogen) atoms. The number of aromatic hydroxyl groups is 1. The van der Waals surface area contributed by atoms with E-state index in [-0.39, 0.29) is 5.75 Å². The average molecular weight is 291 g/mol. The molecule has 0 heterocycles. The Morgan fingerprint density at radius 2 is 1.53 bits per heavy atom. The van der Waals surface area contributed by atoms with Crippen LogP contribution in [-0.2, 0) is 0 Å². The van der Waals surface area contributed by atoms with E-state index in [1.54, 1.807) is 24.3 Å². The first-order chi connectivity index (χ1) is 8.15. The fourth-order valence-electron chi connectivity index (χ4n) is 1.28. The molecule has 0 saturated carbocycles. The van der Waals surface area contributed by atoms with Crippen molar-refractivity contribution in [2.45, 2.75) is 6.92 Å². The highest BCUT2D eigenvalue weighted by Gasteiger charge is 1.96. The molecule has 0 unspecified atom stereocenters. The highest BCUT2D eigenvalue weighted by Crippen LogP contribution is 2.25. The second-order valence-electron chi connectivity index (χ2n) is 3.65. The highest BCUT2D eigenvalue weighted by molar-refractivity contribution is 9.10. The number of hydrogen-bond acceptors (Lipinski definition) is 3. The van der Waals surface area contributed by atoms with Gasteiger partial charge in [0.1, 0.15) is 5.75 Å². The third-order valence-electron chi connectivity index (χ3n) is 2.29. The van der Waals surface area contributed by atoms with Gasteiger partial charge in [-0.3, -0.25) is 0 Å². The van der Waals surface area contributed by atoms with Crippen molar-refractivity contribution in [3.05, 3.63) is 52.5 Å². The Labute approximate surface area is 108 Å². The van der Waals surface area contributed by atoms with Crippen LogP contribution in [0.1, 0.15) is 5.56 Å². The molecular formula is C13H11BrN2O. The van der Waals surface area contributed by atoms with Crippen molar-refractivity contribution in [3.8, 4) is 5.75 Å². The first kappa shape index (κ1) is 11.8. The lowest BCUT2D eigenvalue weighted by Crippen LogP contribution is -1.73. The molecule has 0 saturated heterocycles. The lowest BCUT2D eigenvalue weighted by atomic mass is 10.2. The minimum Gasteiger partial charge on any atom is -0.508 e. The molecule has 0 spiro atoms. The van der Waals surface area contributed by atoms with E-state index in [2.05, 4.69) is 26.2 Å². The Hall–Kier alpha value is -1.68. The van der Waals surface area contributed by atoms with Crippen LogP contribution in [-0.4, -0.2) is 5.11 Å². The molecule has 0 bridgehead atoms. The highest BCUT2D eigenvalue weighted by atomic mass is 79.9. The van der Waals surface area contributed by atoms with Gasteiger partial charge >= 0.3 is 0 Å². The van der Waals surface area contributed by atoms with Crippen molar-refractivity contribution in [1.82, 2.24) is 0 Å². The Kier molecular flexibility index (Phi) is 3.54. The molecule has 1 N–H and O–H groups in total. The standard InChI is InChI=1S/C13H11BrN2O/c1-9-2-3-11(8-13(9)14)16-15-10-4-6-12(17)7-5-10/h2-8,17H,1H3. The molecule has 0 fully saturated rings. The number of phenols is 1. The smallest absolute Gasteiger partial charge is 0.115 e. The topological polar surface area (TPSA) is 45.0 Å². The Balaban J connectivity index is 2.20. The van der Waals surface area contributed by atoms with Crippen LogP contribution < -0.4 is 0 Å². The number of phenolic OH excluding ortho intramolecular Hbond substituents is 1. The summed E-state index contributed by atoms with van der Waals surface area (Å²) < 4.78 is 1.01. The fraction of sp³-hybridized carbons (Fsp3) is 0.0769. The van der Waals surface area contributed by atoms with Crippen LogP contribution in [0.25, 0.3) is 0 Å². The van der Waals surface area contributed by atoms with Gasteiger partial charge in [0.05, 0.1) is 11.4 Å². The largest absolute Gasteiger partial charge is 0.508 e. The minimum absolute atomic E-state index is 0.224. The predicted molar refractivity (Wildman–Crippen MR) is 71.2 cm³/mol. The van der Waals surface area contributed by atoms with Crippen molar-refractivity contribution in [2.75, 3.05) is 0 Å². The number of rotatable bonds is 2. The average Bonchev–Trinajstić information content (AvgIpc) is 2.33. The van der Waals surface area contributed by atoms with Gasteiger partial charge in [-0.05, 0) is 48.9 Å². The van der Waals surface area contributed by atoms with Gasteiger partial charge in [-0.1, -0.05) is 22.0 Å². The van der Waals surface area contributed by atoms with Crippen LogP contribution in [0.2, 0.25) is 0 Å². The molecule has 0 amide bonds. The third kappa shape index (κ3) is 3.14. The van der Waals surface area contributed by atoms with Crippen molar-refractivity contribution in [1.29, 1.82) is 0 Å². The Bertz CT molecular complexity index is 550. The van der Waals surface area contributed by atoms with Gasteiger partial charge in [0.2, 0.25) is 0 Å². The van der Waals surface area contributed by atoms with Crippen molar-refractivity contribution in [3.63, 3.8) is 0 Å². The minimum atomic E-state index is 0.224. The van der Waals surface area contributed by atoms with Crippen LogP contribution in [0.5, 0.6) is 5.75 Å². The molecule has 2 rings (SSSR count). The van der Waals surface area contributed by atoms with Crippen LogP contribution in [0.15, 0.2) is 57.2 Å². The van der Waals surface area contributed by atoms with E-state index < -0.39 is 0 Å². The van der Waals surface area contributed by atoms with E-state index in [9.17, 15) is 0 Å². The number of nitrogens with zero attached hydrogens (tertiary/aromatic N) is 2. The quantitative estimate of drug-likeness (QED) is 0.787. The van der Waals surface area contributed by atoms with Crippen LogP contribution >= 0.6 is 15.9 Å². The normalized spacial score (nSPS) is 10.9. The summed E-state index contributed by atoms with van der Waals surface area (Å²) >= 11 is 3.45. The molecule has 2 aromatic carbocycles. The fourth-order valence-corrected chi connectivity index (χ4v) is 1.65. The Morgan fingerprint density at radius 3 is 2.18 bits per heavy atom. The maximum atomic E-state index is 9.13. The van der Waals surface area contributed by atoms with E-state index in [0.717, 1.165) is 15.7 Å². The molecule has 0 atom stereocenters. The molecule has 0 aromatic heterocycles. The summed E-state index contributed by atoms with van der Waals surface area (Å²) in [5, 5.41) is 17.3. The van der Waals surface area contributed by atoms with Gasteiger partial charge in [0.25, 0.3) is 0 Å². The van der Waals surface area contributed by atoms with Gasteiger partial charge in [0, 0.05) is 4.47 Å². The van der Waals surface area contributed by atoms with Gasteiger partial charge in [-0.25, -0.2) is 0 Å². The van der Waals surface area contributed by atoms with Gasteiger partial charge in [0.15, 0.2) is 0 Å². The van der Waals surface area contributed by atoms with E-state index in [0.29, 0.717) is 5.69 Å². The lowest BCUT2D eigenvalue weighted by molar-refractivity contribution is 0.475. The zero-order chi connectivity index (χ0) is 12.3. The predicted octanol–water partition coefficient (Wildman–Crippen LogP) is 4.88. The van der Waals surface area contributed by atoms with Crippen LogP contribution in [0.4, 0.5) is 11.4 Å². The lowest BCUT2D eigenvalue weighted by Gasteiger charge is -1.98. The summed E-state index contributed by atoms with van der Waals surface area (Å²) in [7, 11) is 0. The van der Waals surface area contributed by atoms with Crippen molar-refractivity contribution < 1.29 is 5.11 Å². The van der Waals surface area contributed by atoms with Crippen LogP contribution in [0, 0.1) is 6.92 Å². The molecule has 2 aromatic rings. The first-order valence-corrected chi connectivity index (χ1v) is 5.91. The number of hydrogen-bond donors (Lipinski definition) is 1. The Morgan fingerprint density at radius 1 is 0.941 bits per heavy atom. The molecular weight excluding hydrogens is 280 g/mol. The maximum absolute atomic E-state index is 9.13. The zero-order valence-corrected chi connectivity index (χ0v) is 10.8. The van der Waals surface area contributed by atoms with E-state index in [1.165, 1.54) is 0 Å². The molecule has 0 aliphatic rings. The number of halogens is 1. The van der Waals surface area contributed by atoms with Gasteiger partial charge in [-0.15, -0.1) is 0 Å². The molecule has 3 nitrogen and oxygen atoms in total. The third-order valence-corrected chi connectivity index (χ3v) is 3.14. The number of azo groups is 1. The maximum Gasteiger partial charge on any atom is 0.115 e. The monoisotopic (exact) mass is 290 g/mol. The molecule has 0 radical (unpaired) electrons. The summed E-state index contributed by atoms with van der Waals surface area (Å²) in [6.07, 6.45) is 0. The second-order valence-corrected chi connectivity index (χ2v) is 4.50. The summed E-state index contributed by atoms with van der Waals surface area (Å²) in [5.41, 5.74) is 2.66. The molecule has 0 aliphatic carbocycles. The summed E-state index contributed by atoms with van der Waals surface area (Å²) in [6.45, 7) is 2.02. The summed E-state index contributed by atoms with van der Waals surface area (Å²) in [6, 6.07) is 12.4. The molecule has 4 heteroatoms. The molecule has 86 valence electrons. The van der Waals surface area contributed by atoms with Gasteiger partial charge < -0.3 is 5.11 Å². The second kappa shape index (κ2) is 5.10. The van der Waals surface area contributed by atoms with Crippen molar-refractivity contribution >= 4 is 27.3 Å². The van der Waals surface area contributed by atoms with Gasteiger partial charge in [-0.2, -0.15) is 10.2 Å². The van der Waals surface area contributed by atoms with Crippen molar-refractivity contribution in [2.24, 2.45) is 10.2 Å². The number of benzene rings is 2. The van der Waals surface area contributed by atoms with E-state index in [1.807, 2.05) is 25.1 Å². The zero-order valence-electron chi connectivity index (χ0n) is 9.26. The number of aryl methyl sites for hydroxylation is 1. The SMILES string of the molecule is Cc1ccc(N=Nc2ccc(O)cc2)cc1Br. The summed E-state index contributed by atoms with van der Waals surface area (Å²) in [4.78, 5) is 0. The first-order valence-electron chi connectivity index (χ1n) is 5.12. The van der Waals surface area contributed by atoms with E-state index >= 15 is 0 Å². The summed E-state index contributed by atoms with van der Waals surface area (Å²) in [5.74, 6) is 0.224. The molecule has 0 aliphatic heterocycles. The van der Waals surface area contributed by atoms with Crippen LogP contribution in [0.3, 0.4) is 0 Å². The van der Waals surface area contributed by atoms with E-state index in [4.69, 9.17) is 5.11 Å².